The number of aliphatic imine (C=N–C) groups is 1. The minimum atomic E-state index is -3.71. The summed E-state index contributed by atoms with van der Waals surface area (Å²) in [5.74, 6) is -0.0944. The van der Waals surface area contributed by atoms with Gasteiger partial charge >= 0.3 is 0 Å². The number of amides is 1. The normalized spacial score (nSPS) is 17.1. The van der Waals surface area contributed by atoms with Crippen molar-refractivity contribution in [1.29, 1.82) is 5.41 Å². The summed E-state index contributed by atoms with van der Waals surface area (Å²) in [6.07, 6.45) is 4.47. The standard InChI is InChI=1S/C24H21N5O4S2/c1-15-7-9-17(10-8-15)33-12-11-28-14-16(18-5-3-4-6-20(18)28)13-19-21(25)29-23(26-22(19)30)34-27-24(29)35(2,31)32/h3-10,13-14,25H,11-12H2,1-2H3. The summed E-state index contributed by atoms with van der Waals surface area (Å²) in [6, 6.07) is 15.6. The number of rotatable bonds is 5. The molecule has 3 aromatic rings. The largest absolute Gasteiger partial charge is 0.492 e. The van der Waals surface area contributed by atoms with Crippen LogP contribution in [0, 0.1) is 12.3 Å². The van der Waals surface area contributed by atoms with Crippen LogP contribution in [0.25, 0.3) is 17.0 Å². The van der Waals surface area contributed by atoms with Crippen molar-refractivity contribution in [3.05, 3.63) is 71.4 Å². The van der Waals surface area contributed by atoms with E-state index in [0.717, 1.165) is 45.3 Å². The third kappa shape index (κ3) is 4.40. The molecule has 0 fully saturated rings. The topological polar surface area (TPSA) is 117 Å². The van der Waals surface area contributed by atoms with E-state index in [4.69, 9.17) is 10.1 Å². The van der Waals surface area contributed by atoms with Gasteiger partial charge in [-0.05, 0) is 31.2 Å². The molecular weight excluding hydrogens is 486 g/mol. The van der Waals surface area contributed by atoms with Crippen molar-refractivity contribution in [2.75, 3.05) is 12.9 Å². The summed E-state index contributed by atoms with van der Waals surface area (Å²) >= 11 is 0.770. The van der Waals surface area contributed by atoms with Crippen LogP contribution in [0.4, 0.5) is 0 Å². The third-order valence-electron chi connectivity index (χ3n) is 5.57. The fraction of sp³-hybridized carbons (Fsp3) is 0.167. The Morgan fingerprint density at radius 3 is 2.63 bits per heavy atom. The van der Waals surface area contributed by atoms with E-state index < -0.39 is 15.7 Å². The lowest BCUT2D eigenvalue weighted by molar-refractivity contribution is -0.114. The zero-order chi connectivity index (χ0) is 24.7. The highest BCUT2D eigenvalue weighted by molar-refractivity contribution is 8.16. The van der Waals surface area contributed by atoms with Crippen LogP contribution in [0.1, 0.15) is 11.1 Å². The van der Waals surface area contributed by atoms with Crippen LogP contribution in [-0.4, -0.2) is 52.8 Å². The summed E-state index contributed by atoms with van der Waals surface area (Å²) in [5.41, 5.74) is 2.81. The highest BCUT2D eigenvalue weighted by atomic mass is 32.2. The van der Waals surface area contributed by atoms with Crippen LogP contribution in [-0.2, 0) is 21.2 Å². The number of nitrogens with zero attached hydrogens (tertiary/aromatic N) is 4. The van der Waals surface area contributed by atoms with Crippen molar-refractivity contribution in [3.8, 4) is 5.75 Å². The molecule has 1 N–H and O–H groups in total. The molecule has 35 heavy (non-hydrogen) atoms. The predicted octanol–water partition coefficient (Wildman–Crippen LogP) is 3.65. The van der Waals surface area contributed by atoms with E-state index in [1.165, 1.54) is 0 Å². The summed E-state index contributed by atoms with van der Waals surface area (Å²) in [6.45, 7) is 3.03. The van der Waals surface area contributed by atoms with Crippen LogP contribution in [0.2, 0.25) is 0 Å². The summed E-state index contributed by atoms with van der Waals surface area (Å²) < 4.78 is 36.0. The molecule has 11 heteroatoms. The maximum Gasteiger partial charge on any atom is 0.283 e. The second-order valence-corrected chi connectivity index (χ2v) is 10.8. The van der Waals surface area contributed by atoms with Gasteiger partial charge in [0.05, 0.1) is 24.1 Å². The van der Waals surface area contributed by atoms with E-state index in [2.05, 4.69) is 9.39 Å². The van der Waals surface area contributed by atoms with E-state index in [-0.39, 0.29) is 21.7 Å². The average molecular weight is 508 g/mol. The SMILES string of the molecule is Cc1ccc(OCCn2cc(C=C3C(=N)N4C(=NC3=O)SN=C4S(C)(=O)=O)c3ccccc32)cc1. The first-order valence-corrected chi connectivity index (χ1v) is 13.3. The van der Waals surface area contributed by atoms with Gasteiger partial charge < -0.3 is 9.30 Å². The van der Waals surface area contributed by atoms with Gasteiger partial charge in [-0.1, -0.05) is 35.9 Å². The first-order chi connectivity index (χ1) is 16.7. The minimum absolute atomic E-state index is 0.00796. The quantitative estimate of drug-likeness (QED) is 0.416. The highest BCUT2D eigenvalue weighted by Crippen LogP contribution is 2.31. The van der Waals surface area contributed by atoms with E-state index in [9.17, 15) is 13.2 Å². The Hall–Kier alpha value is -3.70. The molecule has 2 aliphatic rings. The van der Waals surface area contributed by atoms with Crippen molar-refractivity contribution >= 4 is 60.8 Å². The van der Waals surface area contributed by atoms with Gasteiger partial charge in [0.25, 0.3) is 5.91 Å². The number of hydrogen-bond acceptors (Lipinski definition) is 7. The summed E-state index contributed by atoms with van der Waals surface area (Å²) in [5, 5.41) is 9.22. The lowest BCUT2D eigenvalue weighted by Gasteiger charge is -2.23. The molecule has 0 atom stereocenters. The average Bonchev–Trinajstić information content (AvgIpc) is 3.40. The number of sulfone groups is 1. The molecule has 2 aromatic carbocycles. The summed E-state index contributed by atoms with van der Waals surface area (Å²) in [7, 11) is -3.71. The fourth-order valence-electron chi connectivity index (χ4n) is 3.86. The van der Waals surface area contributed by atoms with Crippen LogP contribution >= 0.6 is 11.9 Å². The number of ether oxygens (including phenoxy) is 1. The Balaban J connectivity index is 1.45. The molecule has 0 unspecified atom stereocenters. The number of aromatic nitrogens is 1. The molecule has 0 spiro atoms. The van der Waals surface area contributed by atoms with Gasteiger partial charge in [-0.15, -0.1) is 0 Å². The Morgan fingerprint density at radius 1 is 1.14 bits per heavy atom. The molecule has 9 nitrogen and oxygen atoms in total. The van der Waals surface area contributed by atoms with Crippen LogP contribution in [0.5, 0.6) is 5.75 Å². The molecule has 0 radical (unpaired) electrons. The number of hydrogen-bond donors (Lipinski definition) is 1. The number of aryl methyl sites for hydroxylation is 1. The smallest absolute Gasteiger partial charge is 0.283 e. The third-order valence-corrected chi connectivity index (χ3v) is 7.32. The van der Waals surface area contributed by atoms with Crippen molar-refractivity contribution in [2.24, 2.45) is 9.39 Å². The first kappa shape index (κ1) is 23.1. The number of carbonyl (C=O) groups excluding carboxylic acids is 1. The lowest BCUT2D eigenvalue weighted by Crippen LogP contribution is -2.45. The molecule has 3 heterocycles. The van der Waals surface area contributed by atoms with E-state index in [1.807, 2.05) is 66.2 Å². The molecule has 1 aromatic heterocycles. The van der Waals surface area contributed by atoms with Crippen molar-refractivity contribution in [2.45, 2.75) is 13.5 Å². The molecule has 1 amide bonds. The van der Waals surface area contributed by atoms with Gasteiger partial charge in [0.2, 0.25) is 20.2 Å². The number of amidine groups is 3. The number of nitrogens with one attached hydrogen (secondary N) is 1. The maximum atomic E-state index is 12.7. The van der Waals surface area contributed by atoms with Crippen molar-refractivity contribution < 1.29 is 17.9 Å². The molecular formula is C24H21N5O4S2. The molecule has 0 saturated carbocycles. The van der Waals surface area contributed by atoms with Crippen LogP contribution in [0.3, 0.4) is 0 Å². The molecule has 0 saturated heterocycles. The Morgan fingerprint density at radius 2 is 1.89 bits per heavy atom. The van der Waals surface area contributed by atoms with Gasteiger partial charge in [-0.2, -0.15) is 9.39 Å². The number of benzene rings is 2. The number of fused-ring (bicyclic) bond motifs is 2. The van der Waals surface area contributed by atoms with Crippen molar-refractivity contribution in [1.82, 2.24) is 9.47 Å². The second-order valence-electron chi connectivity index (χ2n) is 8.14. The fourth-order valence-corrected chi connectivity index (χ4v) is 5.71. The molecule has 2 aliphatic heterocycles. The molecule has 178 valence electrons. The van der Waals surface area contributed by atoms with Gasteiger partial charge in [-0.25, -0.2) is 13.3 Å². The van der Waals surface area contributed by atoms with Gasteiger partial charge in [0.1, 0.15) is 18.2 Å². The van der Waals surface area contributed by atoms with Crippen LogP contribution < -0.4 is 4.74 Å². The summed E-state index contributed by atoms with van der Waals surface area (Å²) in [4.78, 5) is 17.8. The van der Waals surface area contributed by atoms with Gasteiger partial charge in [0.15, 0.2) is 0 Å². The minimum Gasteiger partial charge on any atom is -0.492 e. The van der Waals surface area contributed by atoms with E-state index >= 15 is 0 Å². The Labute approximate surface area is 206 Å². The highest BCUT2D eigenvalue weighted by Gasteiger charge is 2.41. The Kier molecular flexibility index (Phi) is 5.81. The van der Waals surface area contributed by atoms with Gasteiger partial charge in [-0.3, -0.25) is 10.2 Å². The van der Waals surface area contributed by atoms with Gasteiger partial charge in [0, 0.05) is 28.9 Å². The maximum absolute atomic E-state index is 12.7. The van der Waals surface area contributed by atoms with E-state index in [1.54, 1.807) is 6.08 Å². The van der Waals surface area contributed by atoms with E-state index in [0.29, 0.717) is 18.7 Å². The predicted molar refractivity (Wildman–Crippen MR) is 138 cm³/mol. The Bertz CT molecular complexity index is 1570. The number of carbonyl (C=O) groups is 1. The first-order valence-electron chi connectivity index (χ1n) is 10.7. The second kappa shape index (κ2) is 8.82. The van der Waals surface area contributed by atoms with Crippen molar-refractivity contribution in [3.63, 3.8) is 0 Å². The molecule has 0 aliphatic carbocycles. The number of para-hydroxylation sites is 1. The zero-order valence-corrected chi connectivity index (χ0v) is 20.6. The molecule has 5 rings (SSSR count). The van der Waals surface area contributed by atoms with Crippen LogP contribution in [0.15, 0.2) is 69.7 Å². The lowest BCUT2D eigenvalue weighted by atomic mass is 10.1. The zero-order valence-electron chi connectivity index (χ0n) is 18.9. The molecule has 0 bridgehead atoms. The monoisotopic (exact) mass is 507 g/mol.